The molecule has 0 unspecified atom stereocenters. The molecule has 2 atom stereocenters. The van der Waals surface area contributed by atoms with Gasteiger partial charge in [0.1, 0.15) is 5.41 Å². The van der Waals surface area contributed by atoms with E-state index in [1.165, 1.54) is 19.3 Å². The van der Waals surface area contributed by atoms with Gasteiger partial charge in [0.25, 0.3) is 5.91 Å². The molecule has 2 aromatic rings. The van der Waals surface area contributed by atoms with E-state index < -0.39 is 11.4 Å². The summed E-state index contributed by atoms with van der Waals surface area (Å²) in [5.41, 5.74) is 3.12. The van der Waals surface area contributed by atoms with E-state index in [2.05, 4.69) is 16.8 Å². The number of H-pyrrole nitrogens is 1. The average Bonchev–Trinajstić information content (AvgIpc) is 3.27. The average molecular weight is 396 g/mol. The molecule has 1 aromatic heterocycles. The van der Waals surface area contributed by atoms with Crippen molar-refractivity contribution in [2.75, 3.05) is 32.7 Å². The van der Waals surface area contributed by atoms with Crippen LogP contribution in [0.1, 0.15) is 40.9 Å². The summed E-state index contributed by atoms with van der Waals surface area (Å²) in [6.45, 7) is 7.32. The molecule has 3 aliphatic rings. The number of aromatic nitrogens is 1. The SMILES string of the molecule is Cc1[nH]c2ccc(C(=O)N3C[C@H]4CN(CC5CCC5)C[C@@]4(C(=O)O)C3)cc2c1C. The van der Waals surface area contributed by atoms with Crippen molar-refractivity contribution in [1.29, 1.82) is 0 Å². The highest BCUT2D eigenvalue weighted by molar-refractivity contribution is 5.99. The maximum absolute atomic E-state index is 13.2. The van der Waals surface area contributed by atoms with Crippen LogP contribution in [-0.4, -0.2) is 64.5 Å². The lowest BCUT2D eigenvalue weighted by molar-refractivity contribution is -0.148. The van der Waals surface area contributed by atoms with E-state index >= 15 is 0 Å². The predicted molar refractivity (Wildman–Crippen MR) is 111 cm³/mol. The normalized spacial score (nSPS) is 27.4. The van der Waals surface area contributed by atoms with Crippen LogP contribution in [0.5, 0.6) is 0 Å². The topological polar surface area (TPSA) is 76.6 Å². The Kier molecular flexibility index (Phi) is 4.24. The molecule has 1 aromatic carbocycles. The number of aryl methyl sites for hydroxylation is 2. The molecule has 2 aliphatic heterocycles. The van der Waals surface area contributed by atoms with Crippen LogP contribution in [0.3, 0.4) is 0 Å². The number of hydrogen-bond acceptors (Lipinski definition) is 3. The molecule has 0 spiro atoms. The summed E-state index contributed by atoms with van der Waals surface area (Å²) in [7, 11) is 0. The van der Waals surface area contributed by atoms with Crippen LogP contribution < -0.4 is 0 Å². The van der Waals surface area contributed by atoms with E-state index in [0.29, 0.717) is 25.2 Å². The highest BCUT2D eigenvalue weighted by Crippen LogP contribution is 2.44. The zero-order valence-corrected chi connectivity index (χ0v) is 17.2. The summed E-state index contributed by atoms with van der Waals surface area (Å²) in [4.78, 5) is 33.0. The third kappa shape index (κ3) is 2.88. The Labute approximate surface area is 170 Å². The second-order valence-corrected chi connectivity index (χ2v) is 9.47. The maximum atomic E-state index is 13.2. The summed E-state index contributed by atoms with van der Waals surface area (Å²) in [6, 6.07) is 5.75. The maximum Gasteiger partial charge on any atom is 0.313 e. The van der Waals surface area contributed by atoms with E-state index in [9.17, 15) is 14.7 Å². The monoisotopic (exact) mass is 395 g/mol. The van der Waals surface area contributed by atoms with Crippen molar-refractivity contribution < 1.29 is 14.7 Å². The number of carboxylic acids is 1. The number of aromatic amines is 1. The third-order valence-electron chi connectivity index (χ3n) is 7.69. The first-order chi connectivity index (χ1) is 13.9. The van der Waals surface area contributed by atoms with Crippen LogP contribution in [-0.2, 0) is 4.79 Å². The quantitative estimate of drug-likeness (QED) is 0.834. The number of fused-ring (bicyclic) bond motifs is 2. The zero-order chi connectivity index (χ0) is 20.3. The number of carbonyl (C=O) groups is 2. The number of nitrogens with one attached hydrogen (secondary N) is 1. The molecule has 1 amide bonds. The first kappa shape index (κ1) is 18.7. The summed E-state index contributed by atoms with van der Waals surface area (Å²) in [5.74, 6) is -0.0478. The molecule has 154 valence electrons. The van der Waals surface area contributed by atoms with E-state index in [4.69, 9.17) is 0 Å². The summed E-state index contributed by atoms with van der Waals surface area (Å²) in [5, 5.41) is 11.1. The Balaban J connectivity index is 1.36. The van der Waals surface area contributed by atoms with Crippen LogP contribution in [0.4, 0.5) is 0 Å². The van der Waals surface area contributed by atoms with Gasteiger partial charge in [-0.05, 0) is 56.4 Å². The molecule has 3 fully saturated rings. The number of carbonyl (C=O) groups excluding carboxylic acids is 1. The Hall–Kier alpha value is -2.34. The van der Waals surface area contributed by atoms with Crippen LogP contribution >= 0.6 is 0 Å². The van der Waals surface area contributed by atoms with E-state index in [1.54, 1.807) is 4.90 Å². The molecule has 1 aliphatic carbocycles. The molecular formula is C23H29N3O3. The van der Waals surface area contributed by atoms with Gasteiger partial charge in [-0.25, -0.2) is 0 Å². The van der Waals surface area contributed by atoms with Crippen LogP contribution in [0.15, 0.2) is 18.2 Å². The predicted octanol–water partition coefficient (Wildman–Crippen LogP) is 3.04. The van der Waals surface area contributed by atoms with E-state index in [1.807, 2.05) is 25.1 Å². The lowest BCUT2D eigenvalue weighted by atomic mass is 9.81. The number of hydrogen-bond donors (Lipinski definition) is 2. The largest absolute Gasteiger partial charge is 0.481 e. The molecule has 0 radical (unpaired) electrons. The van der Waals surface area contributed by atoms with Gasteiger partial charge in [0.05, 0.1) is 0 Å². The van der Waals surface area contributed by atoms with Gasteiger partial charge >= 0.3 is 5.97 Å². The van der Waals surface area contributed by atoms with E-state index in [0.717, 1.165) is 41.2 Å². The van der Waals surface area contributed by atoms with Gasteiger partial charge in [0.15, 0.2) is 0 Å². The molecule has 6 heteroatoms. The summed E-state index contributed by atoms with van der Waals surface area (Å²) < 4.78 is 0. The lowest BCUT2D eigenvalue weighted by Gasteiger charge is -2.31. The number of likely N-dealkylation sites (tertiary alicyclic amines) is 2. The number of aliphatic carboxylic acids is 1. The van der Waals surface area contributed by atoms with Crippen molar-refractivity contribution in [3.8, 4) is 0 Å². The van der Waals surface area contributed by atoms with Gasteiger partial charge in [0, 0.05) is 60.8 Å². The van der Waals surface area contributed by atoms with Crippen molar-refractivity contribution in [3.63, 3.8) is 0 Å². The van der Waals surface area contributed by atoms with Gasteiger partial charge in [0.2, 0.25) is 0 Å². The van der Waals surface area contributed by atoms with Crippen LogP contribution in [0.25, 0.3) is 10.9 Å². The van der Waals surface area contributed by atoms with Gasteiger partial charge in [-0.1, -0.05) is 6.42 Å². The number of amides is 1. The minimum Gasteiger partial charge on any atom is -0.481 e. The van der Waals surface area contributed by atoms with Crippen molar-refractivity contribution in [1.82, 2.24) is 14.8 Å². The second kappa shape index (κ2) is 6.59. The fraction of sp³-hybridized carbons (Fsp3) is 0.565. The Bertz CT molecular complexity index is 993. The number of nitrogens with zero attached hydrogens (tertiary/aromatic N) is 2. The fourth-order valence-corrected chi connectivity index (χ4v) is 5.58. The Morgan fingerprint density at radius 1 is 1.21 bits per heavy atom. The third-order valence-corrected chi connectivity index (χ3v) is 7.69. The molecule has 2 saturated heterocycles. The first-order valence-corrected chi connectivity index (χ1v) is 10.7. The van der Waals surface area contributed by atoms with Crippen molar-refractivity contribution in [2.24, 2.45) is 17.3 Å². The minimum atomic E-state index is -0.815. The molecule has 3 heterocycles. The van der Waals surface area contributed by atoms with Gasteiger partial charge < -0.3 is 19.9 Å². The summed E-state index contributed by atoms with van der Waals surface area (Å²) >= 11 is 0. The molecule has 1 saturated carbocycles. The lowest BCUT2D eigenvalue weighted by Crippen LogP contribution is -2.43. The molecule has 0 bridgehead atoms. The zero-order valence-electron chi connectivity index (χ0n) is 17.2. The van der Waals surface area contributed by atoms with Gasteiger partial charge in [-0.3, -0.25) is 9.59 Å². The highest BCUT2D eigenvalue weighted by Gasteiger charge is 2.58. The van der Waals surface area contributed by atoms with Crippen LogP contribution in [0.2, 0.25) is 0 Å². The van der Waals surface area contributed by atoms with Crippen LogP contribution in [0, 0.1) is 31.1 Å². The first-order valence-electron chi connectivity index (χ1n) is 10.7. The van der Waals surface area contributed by atoms with Crippen molar-refractivity contribution in [3.05, 3.63) is 35.0 Å². The fourth-order valence-electron chi connectivity index (χ4n) is 5.58. The number of carboxylic acid groups (broad SMARTS) is 1. The molecule has 29 heavy (non-hydrogen) atoms. The second-order valence-electron chi connectivity index (χ2n) is 9.47. The molecule has 2 N–H and O–H groups in total. The van der Waals surface area contributed by atoms with Gasteiger partial charge in [-0.2, -0.15) is 0 Å². The Morgan fingerprint density at radius 3 is 2.66 bits per heavy atom. The molecular weight excluding hydrogens is 366 g/mol. The van der Waals surface area contributed by atoms with Gasteiger partial charge in [-0.15, -0.1) is 0 Å². The van der Waals surface area contributed by atoms with Crippen molar-refractivity contribution in [2.45, 2.75) is 33.1 Å². The molecule has 6 nitrogen and oxygen atoms in total. The van der Waals surface area contributed by atoms with E-state index in [-0.39, 0.29) is 11.8 Å². The standard InChI is InChI=1S/C23H29N3O3/c1-14-15(2)24-20-7-6-17(8-19(14)20)21(27)26-11-18-10-25(9-16-4-3-5-16)12-23(18,13-26)22(28)29/h6-8,16,18,24H,3-5,9-13H2,1-2H3,(H,28,29)/t18-,23-/m1/s1. The minimum absolute atomic E-state index is 0.0176. The molecule has 5 rings (SSSR count). The summed E-state index contributed by atoms with van der Waals surface area (Å²) in [6.07, 6.45) is 3.84. The Morgan fingerprint density at radius 2 is 2.00 bits per heavy atom. The number of benzene rings is 1. The smallest absolute Gasteiger partial charge is 0.313 e. The number of rotatable bonds is 4. The van der Waals surface area contributed by atoms with Crippen molar-refractivity contribution >= 4 is 22.8 Å². The highest BCUT2D eigenvalue weighted by atomic mass is 16.4.